The Morgan fingerprint density at radius 2 is 2.04 bits per heavy atom. The minimum Gasteiger partial charge on any atom is -0.354 e. The summed E-state index contributed by atoms with van der Waals surface area (Å²) in [5.41, 5.74) is 1.19. The zero-order valence-corrected chi connectivity index (χ0v) is 15.6. The number of nitrogens with two attached hydrogens (primary N) is 2. The van der Waals surface area contributed by atoms with Crippen molar-refractivity contribution in [1.82, 2.24) is 15.6 Å². The molecule has 28 heavy (non-hydrogen) atoms. The first-order chi connectivity index (χ1) is 13.4. The van der Waals surface area contributed by atoms with Crippen molar-refractivity contribution in [3.63, 3.8) is 0 Å². The van der Waals surface area contributed by atoms with Crippen LogP contribution in [-0.2, 0) is 11.2 Å². The molecule has 2 amide bonds. The summed E-state index contributed by atoms with van der Waals surface area (Å²) in [7, 11) is 0. The Morgan fingerprint density at radius 3 is 2.75 bits per heavy atom. The van der Waals surface area contributed by atoms with Crippen molar-refractivity contribution in [3.05, 3.63) is 63.0 Å². The molecule has 0 saturated heterocycles. The normalized spacial score (nSPS) is 10.6. The number of hydrazine groups is 1. The van der Waals surface area contributed by atoms with Crippen molar-refractivity contribution < 1.29 is 9.59 Å². The Labute approximate surface area is 165 Å². The number of benzene rings is 1. The number of H-pyrrole nitrogens is 1. The van der Waals surface area contributed by atoms with Gasteiger partial charge >= 0.3 is 0 Å². The molecule has 1 aromatic heterocycles. The lowest BCUT2D eigenvalue weighted by Crippen LogP contribution is -2.38. The van der Waals surface area contributed by atoms with Gasteiger partial charge in [0.25, 0.3) is 5.91 Å². The Hall–Kier alpha value is -3.37. The summed E-state index contributed by atoms with van der Waals surface area (Å²) in [4.78, 5) is 37.5. The van der Waals surface area contributed by atoms with E-state index in [1.807, 2.05) is 0 Å². The van der Waals surface area contributed by atoms with Crippen LogP contribution in [-0.4, -0.2) is 36.2 Å². The maximum atomic E-state index is 11.9. The third kappa shape index (κ3) is 6.11. The van der Waals surface area contributed by atoms with E-state index < -0.39 is 11.5 Å². The van der Waals surface area contributed by atoms with E-state index >= 15 is 0 Å². The van der Waals surface area contributed by atoms with Gasteiger partial charge in [-0.2, -0.15) is 5.10 Å². The lowest BCUT2D eigenvalue weighted by Gasteiger charge is -2.17. The van der Waals surface area contributed by atoms with Gasteiger partial charge in [0.2, 0.25) is 11.5 Å². The summed E-state index contributed by atoms with van der Waals surface area (Å²) in [6.07, 6.45) is 3.04. The van der Waals surface area contributed by atoms with E-state index in [0.29, 0.717) is 23.7 Å². The van der Waals surface area contributed by atoms with Crippen LogP contribution in [0.25, 0.3) is 0 Å². The number of nitrogens with one attached hydrogen (secondary N) is 3. The largest absolute Gasteiger partial charge is 0.354 e. The predicted octanol–water partition coefficient (Wildman–Crippen LogP) is -0.301. The van der Waals surface area contributed by atoms with Crippen molar-refractivity contribution in [2.45, 2.75) is 6.42 Å². The van der Waals surface area contributed by atoms with Crippen molar-refractivity contribution in [2.75, 3.05) is 18.1 Å². The van der Waals surface area contributed by atoms with Gasteiger partial charge in [0.05, 0.1) is 12.2 Å². The van der Waals surface area contributed by atoms with Gasteiger partial charge in [-0.3, -0.25) is 19.4 Å². The molecule has 0 spiro atoms. The minimum absolute atomic E-state index is 0.171. The van der Waals surface area contributed by atoms with Crippen LogP contribution in [0.5, 0.6) is 0 Å². The Bertz CT molecular complexity index is 929. The van der Waals surface area contributed by atoms with E-state index in [9.17, 15) is 14.4 Å². The Balaban J connectivity index is 1.86. The number of anilines is 1. The Kier molecular flexibility index (Phi) is 7.55. The van der Waals surface area contributed by atoms with Crippen LogP contribution >= 0.6 is 11.6 Å². The molecule has 0 fully saturated rings. The number of halogens is 1. The average Bonchev–Trinajstić information content (AvgIpc) is 2.66. The number of hydrazone groups is 1. The number of aromatic amines is 1. The van der Waals surface area contributed by atoms with Gasteiger partial charge in [-0.25, -0.2) is 5.84 Å². The quantitative estimate of drug-likeness (QED) is 0.175. The molecule has 148 valence electrons. The standard InChI is InChI=1S/C17H20ClN7O3/c18-13-1-2-14(25(20)10-24-19)11(7-13)3-5-22-16(27)9-23-17(28)12-4-6-21-15(26)8-12/h1-2,4,6-8,10H,3,5,9,19-20H2,(H,21,26)(H,22,27)(H,23,28)/b24-10-. The third-order valence-electron chi connectivity index (χ3n) is 3.67. The summed E-state index contributed by atoms with van der Waals surface area (Å²) >= 11 is 6.02. The Morgan fingerprint density at radius 1 is 1.25 bits per heavy atom. The first kappa shape index (κ1) is 20.9. The van der Waals surface area contributed by atoms with Crippen molar-refractivity contribution in [1.29, 1.82) is 0 Å². The number of nitrogens with zero attached hydrogens (tertiary/aromatic N) is 2. The fourth-order valence-corrected chi connectivity index (χ4v) is 2.58. The van der Waals surface area contributed by atoms with Gasteiger partial charge in [0.1, 0.15) is 6.34 Å². The van der Waals surface area contributed by atoms with Gasteiger partial charge in [-0.1, -0.05) is 11.6 Å². The van der Waals surface area contributed by atoms with Crippen molar-refractivity contribution >= 4 is 35.4 Å². The van der Waals surface area contributed by atoms with Crippen LogP contribution in [0.4, 0.5) is 5.69 Å². The second-order valence-corrected chi connectivity index (χ2v) is 6.11. The molecular weight excluding hydrogens is 386 g/mol. The molecule has 2 aromatic rings. The van der Waals surface area contributed by atoms with Gasteiger partial charge in [0.15, 0.2) is 0 Å². The molecule has 7 N–H and O–H groups in total. The lowest BCUT2D eigenvalue weighted by atomic mass is 10.1. The summed E-state index contributed by atoms with van der Waals surface area (Å²) in [5.74, 6) is 10.0. The number of aromatic nitrogens is 1. The predicted molar refractivity (Wildman–Crippen MR) is 107 cm³/mol. The highest BCUT2D eigenvalue weighted by Crippen LogP contribution is 2.22. The number of carbonyl (C=O) groups excluding carboxylic acids is 2. The molecule has 1 aromatic carbocycles. The van der Waals surface area contributed by atoms with E-state index in [2.05, 4.69) is 20.7 Å². The lowest BCUT2D eigenvalue weighted by molar-refractivity contribution is -0.120. The molecule has 0 radical (unpaired) electrons. The molecule has 0 aliphatic heterocycles. The van der Waals surface area contributed by atoms with Crippen LogP contribution in [0.2, 0.25) is 5.02 Å². The van der Waals surface area contributed by atoms with Crippen molar-refractivity contribution in [2.24, 2.45) is 16.8 Å². The topological polar surface area (TPSA) is 159 Å². The highest BCUT2D eigenvalue weighted by Gasteiger charge is 2.10. The molecule has 0 atom stereocenters. The molecule has 0 aliphatic rings. The summed E-state index contributed by atoms with van der Waals surface area (Å²) in [6, 6.07) is 7.70. The highest BCUT2D eigenvalue weighted by molar-refractivity contribution is 6.30. The van der Waals surface area contributed by atoms with E-state index in [0.717, 1.165) is 11.6 Å². The van der Waals surface area contributed by atoms with Crippen LogP contribution in [0, 0.1) is 0 Å². The number of pyridine rings is 1. The molecule has 1 heterocycles. The number of hydrogen-bond donors (Lipinski definition) is 5. The zero-order chi connectivity index (χ0) is 20.5. The molecule has 0 bridgehead atoms. The summed E-state index contributed by atoms with van der Waals surface area (Å²) < 4.78 is 0. The van der Waals surface area contributed by atoms with E-state index in [4.69, 9.17) is 23.3 Å². The van der Waals surface area contributed by atoms with Crippen LogP contribution in [0.1, 0.15) is 15.9 Å². The highest BCUT2D eigenvalue weighted by atomic mass is 35.5. The number of carbonyl (C=O) groups is 2. The third-order valence-corrected chi connectivity index (χ3v) is 3.91. The van der Waals surface area contributed by atoms with Gasteiger partial charge in [0, 0.05) is 29.4 Å². The minimum atomic E-state index is -0.516. The monoisotopic (exact) mass is 405 g/mol. The maximum absolute atomic E-state index is 11.9. The molecule has 0 saturated carbocycles. The van der Waals surface area contributed by atoms with Crippen LogP contribution in [0.15, 0.2) is 46.4 Å². The fourth-order valence-electron chi connectivity index (χ4n) is 2.39. The number of rotatable bonds is 8. The molecule has 0 aliphatic carbocycles. The molecule has 11 heteroatoms. The average molecular weight is 406 g/mol. The van der Waals surface area contributed by atoms with E-state index in [1.54, 1.807) is 18.2 Å². The SMILES string of the molecule is N/N=C\N(N)c1ccc(Cl)cc1CCNC(=O)CNC(=O)c1cc[nH]c(=O)c1. The van der Waals surface area contributed by atoms with E-state index in [1.165, 1.54) is 23.6 Å². The molecule has 0 unspecified atom stereocenters. The zero-order valence-electron chi connectivity index (χ0n) is 14.8. The number of hydrogen-bond acceptors (Lipinski definition) is 6. The fraction of sp³-hybridized carbons (Fsp3) is 0.176. The summed E-state index contributed by atoms with van der Waals surface area (Å²) in [6.45, 7) is 0.0670. The molecule has 2 rings (SSSR count). The first-order valence-electron chi connectivity index (χ1n) is 8.20. The van der Waals surface area contributed by atoms with Crippen LogP contribution < -0.4 is 32.9 Å². The molecular formula is C17H20ClN7O3. The first-order valence-corrected chi connectivity index (χ1v) is 8.58. The molecule has 10 nitrogen and oxygen atoms in total. The van der Waals surface area contributed by atoms with Crippen molar-refractivity contribution in [3.8, 4) is 0 Å². The van der Waals surface area contributed by atoms with Crippen LogP contribution in [0.3, 0.4) is 0 Å². The smallest absolute Gasteiger partial charge is 0.251 e. The second kappa shape index (κ2) is 10.1. The second-order valence-electron chi connectivity index (χ2n) is 5.67. The number of amides is 2. The maximum Gasteiger partial charge on any atom is 0.251 e. The van der Waals surface area contributed by atoms with Gasteiger partial charge in [-0.15, -0.1) is 0 Å². The van der Waals surface area contributed by atoms with Gasteiger partial charge in [-0.05, 0) is 36.2 Å². The van der Waals surface area contributed by atoms with E-state index in [-0.39, 0.29) is 18.0 Å². The van der Waals surface area contributed by atoms with Gasteiger partial charge < -0.3 is 21.5 Å². The summed E-state index contributed by atoms with van der Waals surface area (Å²) in [5, 5.41) is 10.3.